The molecule has 0 unspecified atom stereocenters. The van der Waals surface area contributed by atoms with Crippen LogP contribution in [0, 0.1) is 6.92 Å². The maximum atomic E-state index is 12.2. The summed E-state index contributed by atoms with van der Waals surface area (Å²) >= 11 is 0. The van der Waals surface area contributed by atoms with E-state index in [1.54, 1.807) is 6.07 Å². The lowest BCUT2D eigenvalue weighted by atomic mass is 10.1. The molecule has 2 rings (SSSR count). The number of furan rings is 1. The second-order valence-corrected chi connectivity index (χ2v) is 5.42. The van der Waals surface area contributed by atoms with Crippen molar-refractivity contribution in [1.82, 2.24) is 10.2 Å². The van der Waals surface area contributed by atoms with Crippen LogP contribution < -0.4 is 5.32 Å². The summed E-state index contributed by atoms with van der Waals surface area (Å²) in [7, 11) is 4.08. The molecule has 1 amide bonds. The van der Waals surface area contributed by atoms with Crippen LogP contribution in [0.2, 0.25) is 0 Å². The maximum Gasteiger partial charge on any atom is 0.287 e. The van der Waals surface area contributed by atoms with Crippen LogP contribution in [0.5, 0.6) is 0 Å². The summed E-state index contributed by atoms with van der Waals surface area (Å²) in [5, 5.41) is 12.1. The normalized spacial score (nSPS) is 23.0. The van der Waals surface area contributed by atoms with Crippen LogP contribution in [0.1, 0.15) is 41.1 Å². The number of nitrogens with one attached hydrogen (secondary N) is 1. The monoisotopic (exact) mass is 266 g/mol. The predicted molar refractivity (Wildman–Crippen MR) is 71.9 cm³/mol. The van der Waals surface area contributed by atoms with E-state index >= 15 is 0 Å². The molecule has 5 nitrogen and oxygen atoms in total. The molecule has 0 saturated heterocycles. The maximum absolute atomic E-state index is 12.2. The van der Waals surface area contributed by atoms with E-state index in [9.17, 15) is 4.79 Å². The van der Waals surface area contributed by atoms with E-state index in [1.165, 1.54) is 0 Å². The van der Waals surface area contributed by atoms with Gasteiger partial charge in [0.1, 0.15) is 12.4 Å². The quantitative estimate of drug-likeness (QED) is 0.862. The number of nitrogens with zero attached hydrogens (tertiary/aromatic N) is 1. The first-order chi connectivity index (χ1) is 9.02. The summed E-state index contributed by atoms with van der Waals surface area (Å²) in [5.41, 5.74) is 0.765. The molecular formula is C14H22N2O3. The molecule has 5 heteroatoms. The average molecular weight is 266 g/mol. The van der Waals surface area contributed by atoms with Crippen molar-refractivity contribution in [2.24, 2.45) is 0 Å². The van der Waals surface area contributed by atoms with E-state index in [0.717, 1.165) is 24.8 Å². The number of aryl methyl sites for hydroxylation is 1. The molecule has 1 fully saturated rings. The fourth-order valence-corrected chi connectivity index (χ4v) is 2.81. The molecule has 1 aromatic rings. The van der Waals surface area contributed by atoms with Crippen molar-refractivity contribution in [3.63, 3.8) is 0 Å². The van der Waals surface area contributed by atoms with Gasteiger partial charge in [-0.15, -0.1) is 0 Å². The Bertz CT molecular complexity index is 454. The highest BCUT2D eigenvalue weighted by molar-refractivity contribution is 5.93. The molecule has 1 aromatic heterocycles. The smallest absolute Gasteiger partial charge is 0.287 e. The fraction of sp³-hybridized carbons (Fsp3) is 0.643. The van der Waals surface area contributed by atoms with E-state index in [0.29, 0.717) is 17.6 Å². The largest absolute Gasteiger partial charge is 0.453 e. The van der Waals surface area contributed by atoms with Crippen LogP contribution in [-0.4, -0.2) is 42.1 Å². The zero-order valence-corrected chi connectivity index (χ0v) is 11.8. The number of carbonyl (C=O) groups excluding carboxylic acids is 1. The molecular weight excluding hydrogens is 244 g/mol. The van der Waals surface area contributed by atoms with Crippen molar-refractivity contribution < 1.29 is 14.3 Å². The standard InChI is InChI=1S/C14H22N2O3/c1-9-7-10(8-17)19-13(9)14(18)15-11-5-4-6-12(11)16(2)3/h7,11-12,17H,4-6,8H2,1-3H3,(H,15,18)/t11-,12-/m1/s1. The van der Waals surface area contributed by atoms with Crippen LogP contribution in [0.15, 0.2) is 10.5 Å². The van der Waals surface area contributed by atoms with Gasteiger partial charge in [0.05, 0.1) is 0 Å². The summed E-state index contributed by atoms with van der Waals surface area (Å²) < 4.78 is 5.36. The van der Waals surface area contributed by atoms with Gasteiger partial charge in [-0.3, -0.25) is 4.79 Å². The molecule has 0 radical (unpaired) electrons. The minimum absolute atomic E-state index is 0.171. The number of likely N-dealkylation sites (N-methyl/N-ethyl adjacent to an activating group) is 1. The molecule has 1 heterocycles. The van der Waals surface area contributed by atoms with Crippen LogP contribution in [-0.2, 0) is 6.61 Å². The van der Waals surface area contributed by atoms with Gasteiger partial charge in [-0.05, 0) is 46.3 Å². The van der Waals surface area contributed by atoms with E-state index in [4.69, 9.17) is 9.52 Å². The van der Waals surface area contributed by atoms with Gasteiger partial charge in [-0.25, -0.2) is 0 Å². The Kier molecular flexibility index (Phi) is 4.27. The minimum atomic E-state index is -0.184. The van der Waals surface area contributed by atoms with Gasteiger partial charge in [-0.1, -0.05) is 0 Å². The molecule has 1 aliphatic rings. The van der Waals surface area contributed by atoms with Crippen molar-refractivity contribution in [2.45, 2.75) is 44.9 Å². The van der Waals surface area contributed by atoms with Gasteiger partial charge >= 0.3 is 0 Å². The fourth-order valence-electron chi connectivity index (χ4n) is 2.81. The lowest BCUT2D eigenvalue weighted by Crippen LogP contribution is -2.46. The van der Waals surface area contributed by atoms with Gasteiger partial charge in [0.15, 0.2) is 5.76 Å². The van der Waals surface area contributed by atoms with Crippen molar-refractivity contribution in [1.29, 1.82) is 0 Å². The zero-order chi connectivity index (χ0) is 14.0. The zero-order valence-electron chi connectivity index (χ0n) is 11.8. The first-order valence-corrected chi connectivity index (χ1v) is 6.70. The molecule has 19 heavy (non-hydrogen) atoms. The van der Waals surface area contributed by atoms with E-state index < -0.39 is 0 Å². The SMILES string of the molecule is Cc1cc(CO)oc1C(=O)N[C@@H]1CCC[C@H]1N(C)C. The van der Waals surface area contributed by atoms with Crippen molar-refractivity contribution in [2.75, 3.05) is 14.1 Å². The molecule has 1 aliphatic carbocycles. The number of aliphatic hydroxyl groups is 1. The average Bonchev–Trinajstić information content (AvgIpc) is 2.95. The lowest BCUT2D eigenvalue weighted by molar-refractivity contribution is 0.0885. The highest BCUT2D eigenvalue weighted by atomic mass is 16.4. The summed E-state index contributed by atoms with van der Waals surface area (Å²) in [5.74, 6) is 0.558. The van der Waals surface area contributed by atoms with Crippen LogP contribution >= 0.6 is 0 Å². The summed E-state index contributed by atoms with van der Waals surface area (Å²) in [6.45, 7) is 1.63. The summed E-state index contributed by atoms with van der Waals surface area (Å²) in [4.78, 5) is 14.4. The highest BCUT2D eigenvalue weighted by Crippen LogP contribution is 2.23. The van der Waals surface area contributed by atoms with Gasteiger partial charge in [0.2, 0.25) is 0 Å². The molecule has 2 N–H and O–H groups in total. The van der Waals surface area contributed by atoms with Crippen LogP contribution in [0.4, 0.5) is 0 Å². The first kappa shape index (κ1) is 14.1. The number of amides is 1. The van der Waals surface area contributed by atoms with Crippen molar-refractivity contribution >= 4 is 5.91 Å². The number of aliphatic hydroxyl groups excluding tert-OH is 1. The minimum Gasteiger partial charge on any atom is -0.453 e. The topological polar surface area (TPSA) is 65.7 Å². The number of hydrogen-bond donors (Lipinski definition) is 2. The van der Waals surface area contributed by atoms with E-state index in [1.807, 2.05) is 21.0 Å². The van der Waals surface area contributed by atoms with E-state index in [2.05, 4.69) is 10.2 Å². The number of hydrogen-bond acceptors (Lipinski definition) is 4. The Morgan fingerprint density at radius 1 is 1.53 bits per heavy atom. The van der Waals surface area contributed by atoms with Crippen molar-refractivity contribution in [3.8, 4) is 0 Å². The molecule has 0 aromatic carbocycles. The third kappa shape index (κ3) is 2.98. The summed E-state index contributed by atoms with van der Waals surface area (Å²) in [6, 6.07) is 2.26. The molecule has 0 spiro atoms. The number of rotatable bonds is 4. The van der Waals surface area contributed by atoms with Gasteiger partial charge in [-0.2, -0.15) is 0 Å². The second kappa shape index (κ2) is 5.75. The second-order valence-electron chi connectivity index (χ2n) is 5.42. The third-order valence-electron chi connectivity index (χ3n) is 3.79. The first-order valence-electron chi connectivity index (χ1n) is 6.70. The lowest BCUT2D eigenvalue weighted by Gasteiger charge is -2.26. The third-order valence-corrected chi connectivity index (χ3v) is 3.79. The molecule has 1 saturated carbocycles. The Morgan fingerprint density at radius 3 is 2.84 bits per heavy atom. The highest BCUT2D eigenvalue weighted by Gasteiger charge is 2.31. The predicted octanol–water partition coefficient (Wildman–Crippen LogP) is 1.29. The molecule has 106 valence electrons. The van der Waals surface area contributed by atoms with Crippen molar-refractivity contribution in [3.05, 3.63) is 23.2 Å². The van der Waals surface area contributed by atoms with Crippen LogP contribution in [0.25, 0.3) is 0 Å². The molecule has 0 aliphatic heterocycles. The number of carbonyl (C=O) groups is 1. The Morgan fingerprint density at radius 2 is 2.26 bits per heavy atom. The van der Waals surface area contributed by atoms with Crippen LogP contribution in [0.3, 0.4) is 0 Å². The van der Waals surface area contributed by atoms with Gasteiger partial charge < -0.3 is 19.7 Å². The van der Waals surface area contributed by atoms with Gasteiger partial charge in [0.25, 0.3) is 5.91 Å². The Labute approximate surface area is 113 Å². The van der Waals surface area contributed by atoms with E-state index in [-0.39, 0.29) is 18.6 Å². The summed E-state index contributed by atoms with van der Waals surface area (Å²) in [6.07, 6.45) is 3.24. The Hall–Kier alpha value is -1.33. The molecule has 0 bridgehead atoms. The van der Waals surface area contributed by atoms with Gasteiger partial charge in [0, 0.05) is 17.6 Å². The molecule has 2 atom stereocenters. The Balaban J connectivity index is 2.06.